The first-order valence-electron chi connectivity index (χ1n) is 5.20. The average Bonchev–Trinajstić information content (AvgIpc) is 2.75. The van der Waals surface area contributed by atoms with Gasteiger partial charge in [0.2, 0.25) is 0 Å². The molecule has 16 heavy (non-hydrogen) atoms. The summed E-state index contributed by atoms with van der Waals surface area (Å²) in [5, 5.41) is 0. The lowest BCUT2D eigenvalue weighted by Crippen LogP contribution is -1.89. The van der Waals surface area contributed by atoms with Crippen LogP contribution in [0.3, 0.4) is 0 Å². The third-order valence-electron chi connectivity index (χ3n) is 2.57. The van der Waals surface area contributed by atoms with Crippen LogP contribution in [0.25, 0.3) is 16.9 Å². The minimum Gasteiger partial charge on any atom is -0.306 e. The standard InChI is InChI=1S/C13H11N3/c1-10-3-2-4-12(15-10)11-5-6-13-14-7-8-16(13)9-11/h2-9H,1H3. The zero-order chi connectivity index (χ0) is 11.0. The van der Waals surface area contributed by atoms with Crippen LogP contribution < -0.4 is 0 Å². The molecule has 3 aromatic heterocycles. The van der Waals surface area contributed by atoms with Crippen LogP contribution in [-0.2, 0) is 0 Å². The fourth-order valence-electron chi connectivity index (χ4n) is 1.78. The Bertz CT molecular complexity index is 640. The quantitative estimate of drug-likeness (QED) is 0.616. The number of imidazole rings is 1. The molecule has 0 spiro atoms. The van der Waals surface area contributed by atoms with Gasteiger partial charge in [-0.05, 0) is 31.2 Å². The number of hydrogen-bond donors (Lipinski definition) is 0. The van der Waals surface area contributed by atoms with Crippen LogP contribution in [0.1, 0.15) is 5.69 Å². The van der Waals surface area contributed by atoms with Gasteiger partial charge in [-0.3, -0.25) is 4.98 Å². The largest absolute Gasteiger partial charge is 0.306 e. The van der Waals surface area contributed by atoms with Crippen molar-refractivity contribution in [3.8, 4) is 11.3 Å². The predicted molar refractivity (Wildman–Crippen MR) is 63.2 cm³/mol. The van der Waals surface area contributed by atoms with Crippen LogP contribution in [0.4, 0.5) is 0 Å². The van der Waals surface area contributed by atoms with E-state index in [1.54, 1.807) is 6.20 Å². The Morgan fingerprint density at radius 1 is 1.12 bits per heavy atom. The molecule has 0 aliphatic heterocycles. The van der Waals surface area contributed by atoms with Crippen LogP contribution >= 0.6 is 0 Å². The van der Waals surface area contributed by atoms with Crippen molar-refractivity contribution in [1.82, 2.24) is 14.4 Å². The van der Waals surface area contributed by atoms with Gasteiger partial charge in [-0.25, -0.2) is 4.98 Å². The van der Waals surface area contributed by atoms with Crippen molar-refractivity contribution in [2.45, 2.75) is 6.92 Å². The maximum Gasteiger partial charge on any atom is 0.136 e. The average molecular weight is 209 g/mol. The molecule has 0 unspecified atom stereocenters. The van der Waals surface area contributed by atoms with Crippen molar-refractivity contribution in [1.29, 1.82) is 0 Å². The van der Waals surface area contributed by atoms with Crippen molar-refractivity contribution in [3.63, 3.8) is 0 Å². The Hall–Kier alpha value is -2.16. The van der Waals surface area contributed by atoms with Gasteiger partial charge in [0.15, 0.2) is 0 Å². The first-order chi connectivity index (χ1) is 7.83. The summed E-state index contributed by atoms with van der Waals surface area (Å²) in [5.74, 6) is 0. The molecule has 0 bridgehead atoms. The van der Waals surface area contributed by atoms with Gasteiger partial charge in [-0.1, -0.05) is 6.07 Å². The first-order valence-corrected chi connectivity index (χ1v) is 5.20. The molecule has 3 nitrogen and oxygen atoms in total. The molecule has 3 rings (SSSR count). The second kappa shape index (κ2) is 3.45. The van der Waals surface area contributed by atoms with Gasteiger partial charge in [0, 0.05) is 29.8 Å². The minimum atomic E-state index is 0.955. The second-order valence-corrected chi connectivity index (χ2v) is 3.77. The zero-order valence-electron chi connectivity index (χ0n) is 8.96. The molecule has 3 aromatic rings. The highest BCUT2D eigenvalue weighted by molar-refractivity contribution is 5.60. The molecular weight excluding hydrogens is 198 g/mol. The third-order valence-corrected chi connectivity index (χ3v) is 2.57. The van der Waals surface area contributed by atoms with E-state index in [0.29, 0.717) is 0 Å². The lowest BCUT2D eigenvalue weighted by atomic mass is 10.2. The van der Waals surface area contributed by atoms with E-state index < -0.39 is 0 Å². The molecule has 0 radical (unpaired) electrons. The molecule has 78 valence electrons. The van der Waals surface area contributed by atoms with E-state index >= 15 is 0 Å². The molecule has 0 N–H and O–H groups in total. The summed E-state index contributed by atoms with van der Waals surface area (Å²) in [6.07, 6.45) is 5.78. The van der Waals surface area contributed by atoms with Crippen LogP contribution in [-0.4, -0.2) is 14.4 Å². The fourth-order valence-corrected chi connectivity index (χ4v) is 1.78. The summed E-state index contributed by atoms with van der Waals surface area (Å²) < 4.78 is 2.00. The van der Waals surface area contributed by atoms with Crippen LogP contribution in [0.2, 0.25) is 0 Å². The van der Waals surface area contributed by atoms with Gasteiger partial charge < -0.3 is 4.40 Å². The van der Waals surface area contributed by atoms with E-state index in [4.69, 9.17) is 0 Å². The molecule has 3 heterocycles. The molecule has 0 amide bonds. The highest BCUT2D eigenvalue weighted by atomic mass is 15.0. The second-order valence-electron chi connectivity index (χ2n) is 3.77. The lowest BCUT2D eigenvalue weighted by Gasteiger charge is -2.02. The summed E-state index contributed by atoms with van der Waals surface area (Å²) in [6.45, 7) is 2.00. The van der Waals surface area contributed by atoms with Gasteiger partial charge in [-0.2, -0.15) is 0 Å². The zero-order valence-corrected chi connectivity index (χ0v) is 8.96. The Balaban J connectivity index is 2.18. The number of pyridine rings is 2. The van der Waals surface area contributed by atoms with E-state index in [2.05, 4.69) is 9.97 Å². The van der Waals surface area contributed by atoms with Crippen molar-refractivity contribution < 1.29 is 0 Å². The molecule has 0 fully saturated rings. The van der Waals surface area contributed by atoms with E-state index in [1.807, 2.05) is 54.0 Å². The number of fused-ring (bicyclic) bond motifs is 1. The van der Waals surface area contributed by atoms with E-state index in [9.17, 15) is 0 Å². The van der Waals surface area contributed by atoms with Gasteiger partial charge in [-0.15, -0.1) is 0 Å². The SMILES string of the molecule is Cc1cccc(-c2ccc3nccn3c2)n1. The predicted octanol–water partition coefficient (Wildman–Crippen LogP) is 2.70. The van der Waals surface area contributed by atoms with Crippen LogP contribution in [0, 0.1) is 6.92 Å². The summed E-state index contributed by atoms with van der Waals surface area (Å²) in [7, 11) is 0. The molecule has 0 atom stereocenters. The number of rotatable bonds is 1. The monoisotopic (exact) mass is 209 g/mol. The maximum absolute atomic E-state index is 4.50. The molecule has 0 aliphatic carbocycles. The van der Waals surface area contributed by atoms with Crippen LogP contribution in [0.15, 0.2) is 48.9 Å². The molecular formula is C13H11N3. The van der Waals surface area contributed by atoms with E-state index in [1.165, 1.54) is 0 Å². The van der Waals surface area contributed by atoms with Gasteiger partial charge in [0.25, 0.3) is 0 Å². The lowest BCUT2D eigenvalue weighted by molar-refractivity contribution is 1.16. The number of hydrogen-bond acceptors (Lipinski definition) is 2. The molecule has 0 aliphatic rings. The van der Waals surface area contributed by atoms with Crippen molar-refractivity contribution >= 4 is 5.65 Å². The number of aromatic nitrogens is 3. The Labute approximate surface area is 93.4 Å². The van der Waals surface area contributed by atoms with Crippen LogP contribution in [0.5, 0.6) is 0 Å². The van der Waals surface area contributed by atoms with Crippen molar-refractivity contribution in [2.75, 3.05) is 0 Å². The smallest absolute Gasteiger partial charge is 0.136 e. The van der Waals surface area contributed by atoms with Crippen molar-refractivity contribution in [2.24, 2.45) is 0 Å². The van der Waals surface area contributed by atoms with Gasteiger partial charge >= 0.3 is 0 Å². The Kier molecular flexibility index (Phi) is 1.96. The summed E-state index contributed by atoms with van der Waals surface area (Å²) in [5.41, 5.74) is 4.09. The first kappa shape index (κ1) is 9.09. The highest BCUT2D eigenvalue weighted by Gasteiger charge is 2.01. The maximum atomic E-state index is 4.50. The molecule has 0 aromatic carbocycles. The number of aryl methyl sites for hydroxylation is 1. The fraction of sp³-hybridized carbons (Fsp3) is 0.0769. The van der Waals surface area contributed by atoms with E-state index in [-0.39, 0.29) is 0 Å². The van der Waals surface area contributed by atoms with Gasteiger partial charge in [0.1, 0.15) is 5.65 Å². The Morgan fingerprint density at radius 3 is 2.94 bits per heavy atom. The molecule has 0 saturated heterocycles. The van der Waals surface area contributed by atoms with Gasteiger partial charge in [0.05, 0.1) is 5.69 Å². The third kappa shape index (κ3) is 1.46. The highest BCUT2D eigenvalue weighted by Crippen LogP contribution is 2.17. The normalized spacial score (nSPS) is 10.8. The summed E-state index contributed by atoms with van der Waals surface area (Å²) >= 11 is 0. The Morgan fingerprint density at radius 2 is 2.06 bits per heavy atom. The topological polar surface area (TPSA) is 30.2 Å². The number of nitrogens with zero attached hydrogens (tertiary/aromatic N) is 3. The molecule has 3 heteroatoms. The van der Waals surface area contributed by atoms with E-state index in [0.717, 1.165) is 22.6 Å². The van der Waals surface area contributed by atoms with Crippen molar-refractivity contribution in [3.05, 3.63) is 54.6 Å². The minimum absolute atomic E-state index is 0.955. The summed E-state index contributed by atoms with van der Waals surface area (Å²) in [6, 6.07) is 10.1. The molecule has 0 saturated carbocycles. The summed E-state index contributed by atoms with van der Waals surface area (Å²) in [4.78, 5) is 8.71.